The van der Waals surface area contributed by atoms with Crippen LogP contribution in [0.1, 0.15) is 50.5 Å². The number of benzene rings is 1. The van der Waals surface area contributed by atoms with E-state index in [-0.39, 0.29) is 12.9 Å². The van der Waals surface area contributed by atoms with Gasteiger partial charge in [0.15, 0.2) is 6.29 Å². The van der Waals surface area contributed by atoms with Gasteiger partial charge in [-0.2, -0.15) is 0 Å². The third kappa shape index (κ3) is 7.66. The van der Waals surface area contributed by atoms with Crippen LogP contribution in [0.15, 0.2) is 22.7 Å². The van der Waals surface area contributed by atoms with Crippen molar-refractivity contribution in [1.82, 2.24) is 0 Å². The van der Waals surface area contributed by atoms with Crippen molar-refractivity contribution in [2.45, 2.75) is 57.8 Å². The molecule has 1 fully saturated rings. The normalized spacial score (nSPS) is 15.2. The van der Waals surface area contributed by atoms with Crippen molar-refractivity contribution >= 4 is 15.9 Å². The van der Waals surface area contributed by atoms with Crippen molar-refractivity contribution in [2.75, 3.05) is 19.8 Å². The van der Waals surface area contributed by atoms with E-state index < -0.39 is 0 Å². The molecule has 1 heterocycles. The maximum Gasteiger partial charge on any atom is 0.157 e. The number of unbranched alkanes of at least 4 members (excludes halogenated alkanes) is 5. The van der Waals surface area contributed by atoms with Gasteiger partial charge in [-0.15, -0.1) is 0 Å². The molecular formula is C18H27BrO4. The van der Waals surface area contributed by atoms with E-state index in [0.29, 0.717) is 0 Å². The number of rotatable bonds is 11. The Kier molecular flexibility index (Phi) is 8.97. The maximum absolute atomic E-state index is 9.18. The van der Waals surface area contributed by atoms with Gasteiger partial charge in [-0.1, -0.05) is 41.6 Å². The van der Waals surface area contributed by atoms with Crippen LogP contribution in [0.25, 0.3) is 0 Å². The average Bonchev–Trinajstić information content (AvgIpc) is 3.06. The van der Waals surface area contributed by atoms with Crippen LogP contribution >= 0.6 is 15.9 Å². The van der Waals surface area contributed by atoms with Gasteiger partial charge in [0.05, 0.1) is 26.4 Å². The first-order valence-corrected chi connectivity index (χ1v) is 9.33. The molecule has 5 heteroatoms. The summed E-state index contributed by atoms with van der Waals surface area (Å²) < 4.78 is 17.5. The molecule has 0 saturated carbocycles. The molecule has 1 aromatic rings. The van der Waals surface area contributed by atoms with Crippen molar-refractivity contribution in [2.24, 2.45) is 0 Å². The number of aliphatic hydroxyl groups is 1. The third-order valence-corrected chi connectivity index (χ3v) is 4.37. The summed E-state index contributed by atoms with van der Waals surface area (Å²) in [5.74, 6) is 0.819. The summed E-state index contributed by atoms with van der Waals surface area (Å²) in [6.07, 6.45) is 8.27. The molecule has 0 spiro atoms. The van der Waals surface area contributed by atoms with Crippen LogP contribution in [0.2, 0.25) is 0 Å². The van der Waals surface area contributed by atoms with E-state index in [1.807, 2.05) is 18.2 Å². The molecule has 2 rings (SSSR count). The fourth-order valence-electron chi connectivity index (χ4n) is 2.68. The van der Waals surface area contributed by atoms with Crippen molar-refractivity contribution in [1.29, 1.82) is 0 Å². The van der Waals surface area contributed by atoms with Gasteiger partial charge in [-0.05, 0) is 43.0 Å². The van der Waals surface area contributed by atoms with Gasteiger partial charge in [0.25, 0.3) is 0 Å². The molecule has 0 amide bonds. The van der Waals surface area contributed by atoms with E-state index in [1.54, 1.807) is 0 Å². The van der Waals surface area contributed by atoms with Gasteiger partial charge in [0.2, 0.25) is 0 Å². The summed E-state index contributed by atoms with van der Waals surface area (Å²) in [7, 11) is 0. The molecule has 1 N–H and O–H groups in total. The molecule has 0 radical (unpaired) electrons. The van der Waals surface area contributed by atoms with Gasteiger partial charge < -0.3 is 19.3 Å². The van der Waals surface area contributed by atoms with Crippen molar-refractivity contribution in [3.63, 3.8) is 0 Å². The quantitative estimate of drug-likeness (QED) is 0.571. The van der Waals surface area contributed by atoms with Gasteiger partial charge >= 0.3 is 0 Å². The summed E-state index contributed by atoms with van der Waals surface area (Å²) in [6, 6.07) is 5.72. The standard InChI is InChI=1S/C18H27BrO4/c19-16-11-15(14-20)12-17(13-16)21-8-6-4-2-1-3-5-7-18-22-9-10-23-18/h11-13,18,20H,1-10,14H2. The van der Waals surface area contributed by atoms with Crippen LogP contribution in [-0.4, -0.2) is 31.2 Å². The Hall–Kier alpha value is -0.620. The second kappa shape index (κ2) is 11.0. The van der Waals surface area contributed by atoms with E-state index in [4.69, 9.17) is 14.2 Å². The predicted octanol–water partition coefficient (Wildman–Crippen LogP) is 4.42. The van der Waals surface area contributed by atoms with Crippen LogP contribution in [0.4, 0.5) is 0 Å². The molecule has 23 heavy (non-hydrogen) atoms. The van der Waals surface area contributed by atoms with Gasteiger partial charge in [0.1, 0.15) is 5.75 Å². The highest BCUT2D eigenvalue weighted by Crippen LogP contribution is 2.22. The van der Waals surface area contributed by atoms with Crippen LogP contribution in [0, 0.1) is 0 Å². The Balaban J connectivity index is 1.45. The van der Waals surface area contributed by atoms with Crippen LogP contribution in [-0.2, 0) is 16.1 Å². The lowest BCUT2D eigenvalue weighted by Crippen LogP contribution is -2.06. The molecule has 0 unspecified atom stereocenters. The first kappa shape index (κ1) is 18.7. The van der Waals surface area contributed by atoms with Crippen molar-refractivity contribution in [3.8, 4) is 5.75 Å². The minimum absolute atomic E-state index is 0.0345. The maximum atomic E-state index is 9.18. The molecule has 0 aliphatic carbocycles. The molecule has 0 atom stereocenters. The van der Waals surface area contributed by atoms with Crippen LogP contribution in [0.3, 0.4) is 0 Å². The lowest BCUT2D eigenvalue weighted by molar-refractivity contribution is -0.0480. The van der Waals surface area contributed by atoms with E-state index in [9.17, 15) is 5.11 Å². The molecule has 1 aliphatic rings. The minimum atomic E-state index is 0.0345. The van der Waals surface area contributed by atoms with Gasteiger partial charge in [-0.3, -0.25) is 0 Å². The molecule has 1 saturated heterocycles. The first-order valence-electron chi connectivity index (χ1n) is 8.54. The number of hydrogen-bond donors (Lipinski definition) is 1. The molecule has 1 aromatic carbocycles. The van der Waals surface area contributed by atoms with E-state index in [1.165, 1.54) is 32.1 Å². The lowest BCUT2D eigenvalue weighted by atomic mass is 10.1. The summed E-state index contributed by atoms with van der Waals surface area (Å²) >= 11 is 3.43. The van der Waals surface area contributed by atoms with Gasteiger partial charge in [0, 0.05) is 4.47 Å². The van der Waals surface area contributed by atoms with Crippen LogP contribution in [0.5, 0.6) is 5.75 Å². The molecule has 0 bridgehead atoms. The summed E-state index contributed by atoms with van der Waals surface area (Å²) in [6.45, 7) is 2.27. The largest absolute Gasteiger partial charge is 0.494 e. The highest BCUT2D eigenvalue weighted by Gasteiger charge is 2.14. The fraction of sp³-hybridized carbons (Fsp3) is 0.667. The van der Waals surface area contributed by atoms with Gasteiger partial charge in [-0.25, -0.2) is 0 Å². The number of ether oxygens (including phenoxy) is 3. The molecular weight excluding hydrogens is 360 g/mol. The van der Waals surface area contributed by atoms with E-state index in [2.05, 4.69) is 15.9 Å². The van der Waals surface area contributed by atoms with E-state index in [0.717, 1.165) is 48.4 Å². The monoisotopic (exact) mass is 386 g/mol. The highest BCUT2D eigenvalue weighted by atomic mass is 79.9. The van der Waals surface area contributed by atoms with Crippen molar-refractivity contribution < 1.29 is 19.3 Å². The Morgan fingerprint density at radius 1 is 1.00 bits per heavy atom. The minimum Gasteiger partial charge on any atom is -0.494 e. The predicted molar refractivity (Wildman–Crippen MR) is 93.6 cm³/mol. The zero-order valence-corrected chi connectivity index (χ0v) is 15.2. The molecule has 4 nitrogen and oxygen atoms in total. The Labute approximate surface area is 147 Å². The smallest absolute Gasteiger partial charge is 0.157 e. The molecule has 130 valence electrons. The Bertz CT molecular complexity index is 447. The second-order valence-electron chi connectivity index (χ2n) is 5.88. The molecule has 0 aromatic heterocycles. The lowest BCUT2D eigenvalue weighted by Gasteiger charge is -2.09. The Morgan fingerprint density at radius 2 is 1.70 bits per heavy atom. The second-order valence-corrected chi connectivity index (χ2v) is 6.80. The number of aliphatic hydroxyl groups excluding tert-OH is 1. The summed E-state index contributed by atoms with van der Waals surface area (Å²) in [5.41, 5.74) is 0.865. The van der Waals surface area contributed by atoms with Crippen molar-refractivity contribution in [3.05, 3.63) is 28.2 Å². The summed E-state index contributed by atoms with van der Waals surface area (Å²) in [4.78, 5) is 0. The Morgan fingerprint density at radius 3 is 2.43 bits per heavy atom. The highest BCUT2D eigenvalue weighted by molar-refractivity contribution is 9.10. The first-order chi connectivity index (χ1) is 11.3. The van der Waals surface area contributed by atoms with Crippen LogP contribution < -0.4 is 4.74 Å². The molecule has 1 aliphatic heterocycles. The average molecular weight is 387 g/mol. The fourth-order valence-corrected chi connectivity index (χ4v) is 3.20. The van der Waals surface area contributed by atoms with E-state index >= 15 is 0 Å². The zero-order chi connectivity index (χ0) is 16.3. The number of halogens is 1. The zero-order valence-electron chi connectivity index (χ0n) is 13.6. The summed E-state index contributed by atoms with van der Waals surface area (Å²) in [5, 5.41) is 9.18. The topological polar surface area (TPSA) is 47.9 Å². The SMILES string of the molecule is OCc1cc(Br)cc(OCCCCCCCCC2OCCO2)c1. The third-order valence-electron chi connectivity index (χ3n) is 3.91. The number of hydrogen-bond acceptors (Lipinski definition) is 4.